The van der Waals surface area contributed by atoms with E-state index in [9.17, 15) is 5.11 Å². The number of nitrogens with one attached hydrogen (secondary N) is 1. The molecule has 3 aliphatic rings. The van der Waals surface area contributed by atoms with Crippen LogP contribution in [0.2, 0.25) is 5.02 Å². The lowest BCUT2D eigenvalue weighted by molar-refractivity contribution is -0.168. The Hall–Kier alpha value is -0.660. The third kappa shape index (κ3) is 2.25. The normalized spacial score (nSPS) is 40.2. The molecule has 2 aliphatic heterocycles. The lowest BCUT2D eigenvalue weighted by Gasteiger charge is -2.38. The van der Waals surface area contributed by atoms with E-state index in [-0.39, 0.29) is 18.2 Å². The predicted octanol–water partition coefficient (Wildman–Crippen LogP) is 0.562. The minimum Gasteiger partial charge on any atom is -0.389 e. The molecule has 20 heavy (non-hydrogen) atoms. The second kappa shape index (κ2) is 4.96. The maximum Gasteiger partial charge on any atom is 0.183 e. The van der Waals surface area contributed by atoms with Crippen LogP contribution in [0.1, 0.15) is 18.9 Å². The van der Waals surface area contributed by atoms with Gasteiger partial charge in [-0.15, -0.1) is 0 Å². The fourth-order valence-electron chi connectivity index (χ4n) is 3.04. The molecule has 2 N–H and O–H groups in total. The average molecular weight is 300 g/mol. The van der Waals surface area contributed by atoms with Crippen LogP contribution in [0.3, 0.4) is 0 Å². The van der Waals surface area contributed by atoms with Gasteiger partial charge in [0.15, 0.2) is 6.29 Å². The number of hydrogen-bond acceptors (Lipinski definition) is 5. The number of rotatable bonds is 4. The van der Waals surface area contributed by atoms with Gasteiger partial charge in [0, 0.05) is 6.20 Å². The Kier molecular flexibility index (Phi) is 3.23. The number of aliphatic hydroxyl groups excluding tert-OH is 1. The van der Waals surface area contributed by atoms with Gasteiger partial charge in [0.05, 0.1) is 30.0 Å². The SMILES string of the molecule is O[C@H]1[C@H](NCC2CC2)[C@H]2CO[C@H](O2)[C@@H]1n1cc(Cl)cn1. The van der Waals surface area contributed by atoms with Crippen LogP contribution in [-0.4, -0.2) is 52.6 Å². The molecule has 1 aromatic rings. The highest BCUT2D eigenvalue weighted by molar-refractivity contribution is 6.30. The van der Waals surface area contributed by atoms with Crippen LogP contribution >= 0.6 is 11.6 Å². The highest BCUT2D eigenvalue weighted by Crippen LogP contribution is 2.36. The van der Waals surface area contributed by atoms with E-state index >= 15 is 0 Å². The summed E-state index contributed by atoms with van der Waals surface area (Å²) < 4.78 is 13.2. The zero-order valence-corrected chi connectivity index (χ0v) is 11.7. The maximum absolute atomic E-state index is 10.7. The van der Waals surface area contributed by atoms with Crippen molar-refractivity contribution in [2.45, 2.75) is 43.4 Å². The number of aromatic nitrogens is 2. The van der Waals surface area contributed by atoms with Crippen LogP contribution in [0, 0.1) is 5.92 Å². The molecule has 7 heteroatoms. The van der Waals surface area contributed by atoms with E-state index in [1.807, 2.05) is 0 Å². The Labute approximate surface area is 122 Å². The van der Waals surface area contributed by atoms with Gasteiger partial charge in [-0.2, -0.15) is 5.10 Å². The zero-order valence-electron chi connectivity index (χ0n) is 11.0. The fourth-order valence-corrected chi connectivity index (χ4v) is 3.18. The van der Waals surface area contributed by atoms with Crippen LogP contribution in [0.25, 0.3) is 0 Å². The molecule has 0 aromatic carbocycles. The molecule has 3 heterocycles. The number of nitrogens with zero attached hydrogens (tertiary/aromatic N) is 2. The van der Waals surface area contributed by atoms with Gasteiger partial charge in [-0.1, -0.05) is 11.6 Å². The van der Waals surface area contributed by atoms with Crippen molar-refractivity contribution in [2.75, 3.05) is 13.2 Å². The van der Waals surface area contributed by atoms with Crippen LogP contribution < -0.4 is 5.32 Å². The first-order valence-electron chi connectivity index (χ1n) is 7.10. The summed E-state index contributed by atoms with van der Waals surface area (Å²) in [5.74, 6) is 0.750. The van der Waals surface area contributed by atoms with E-state index in [1.54, 1.807) is 17.1 Å². The van der Waals surface area contributed by atoms with Gasteiger partial charge >= 0.3 is 0 Å². The number of hydrogen-bond donors (Lipinski definition) is 2. The molecular formula is C13H18ClN3O3. The summed E-state index contributed by atoms with van der Waals surface area (Å²) in [6.45, 7) is 1.44. The second-order valence-electron chi connectivity index (χ2n) is 5.87. The Morgan fingerprint density at radius 2 is 2.35 bits per heavy atom. The Morgan fingerprint density at radius 3 is 3.05 bits per heavy atom. The van der Waals surface area contributed by atoms with Crippen molar-refractivity contribution in [2.24, 2.45) is 5.92 Å². The standard InChI is InChI=1S/C13H18ClN3O3/c14-8-4-16-17(5-8)11-12(18)10(15-3-7-1-2-7)9-6-19-13(11)20-9/h4-5,7,9-13,15,18H,1-3,6H2/t9-,10-,11-,12+,13-/m1/s1. The molecule has 0 radical (unpaired) electrons. The second-order valence-corrected chi connectivity index (χ2v) is 6.31. The average Bonchev–Trinajstić information content (AvgIpc) is 3.01. The van der Waals surface area contributed by atoms with Crippen molar-refractivity contribution in [3.63, 3.8) is 0 Å². The summed E-state index contributed by atoms with van der Waals surface area (Å²) in [7, 11) is 0. The molecule has 1 aliphatic carbocycles. The summed E-state index contributed by atoms with van der Waals surface area (Å²) in [6, 6.07) is -0.486. The first kappa shape index (κ1) is 13.0. The van der Waals surface area contributed by atoms with Crippen LogP contribution in [0.5, 0.6) is 0 Å². The molecular weight excluding hydrogens is 282 g/mol. The van der Waals surface area contributed by atoms with Gasteiger partial charge in [0.2, 0.25) is 0 Å². The van der Waals surface area contributed by atoms with Crippen molar-refractivity contribution in [3.05, 3.63) is 17.4 Å². The van der Waals surface area contributed by atoms with Crippen molar-refractivity contribution in [1.29, 1.82) is 0 Å². The molecule has 1 aromatic heterocycles. The molecule has 2 bridgehead atoms. The molecule has 2 saturated heterocycles. The van der Waals surface area contributed by atoms with E-state index in [4.69, 9.17) is 21.1 Å². The lowest BCUT2D eigenvalue weighted by Crippen LogP contribution is -2.58. The molecule has 3 fully saturated rings. The molecule has 1 saturated carbocycles. The summed E-state index contributed by atoms with van der Waals surface area (Å²) in [6.07, 6.45) is 4.66. The highest BCUT2D eigenvalue weighted by Gasteiger charge is 2.51. The number of ether oxygens (including phenoxy) is 2. The molecule has 0 unspecified atom stereocenters. The molecule has 110 valence electrons. The lowest BCUT2D eigenvalue weighted by atomic mass is 9.96. The largest absolute Gasteiger partial charge is 0.389 e. The number of aliphatic hydroxyl groups is 1. The third-order valence-corrected chi connectivity index (χ3v) is 4.54. The first-order chi connectivity index (χ1) is 9.72. The predicted molar refractivity (Wildman–Crippen MR) is 71.4 cm³/mol. The van der Waals surface area contributed by atoms with Crippen molar-refractivity contribution >= 4 is 11.6 Å². The minimum absolute atomic E-state index is 0.0870. The van der Waals surface area contributed by atoms with Gasteiger partial charge in [-0.05, 0) is 25.3 Å². The monoisotopic (exact) mass is 299 g/mol. The molecule has 6 nitrogen and oxygen atoms in total. The maximum atomic E-state index is 10.7. The quantitative estimate of drug-likeness (QED) is 0.850. The fraction of sp³-hybridized carbons (Fsp3) is 0.769. The van der Waals surface area contributed by atoms with E-state index in [0.29, 0.717) is 11.6 Å². The Balaban J connectivity index is 1.55. The van der Waals surface area contributed by atoms with Crippen LogP contribution in [-0.2, 0) is 9.47 Å². The summed E-state index contributed by atoms with van der Waals surface area (Å²) in [5, 5.41) is 18.8. The van der Waals surface area contributed by atoms with Crippen molar-refractivity contribution in [3.8, 4) is 0 Å². The van der Waals surface area contributed by atoms with Gasteiger partial charge in [0.25, 0.3) is 0 Å². The van der Waals surface area contributed by atoms with Crippen molar-refractivity contribution < 1.29 is 14.6 Å². The summed E-state index contributed by atoms with van der Waals surface area (Å²) >= 11 is 5.91. The molecule has 5 atom stereocenters. The third-order valence-electron chi connectivity index (χ3n) is 4.35. The minimum atomic E-state index is -0.601. The highest BCUT2D eigenvalue weighted by atomic mass is 35.5. The smallest absolute Gasteiger partial charge is 0.183 e. The number of fused-ring (bicyclic) bond motifs is 2. The van der Waals surface area contributed by atoms with E-state index < -0.39 is 12.4 Å². The summed E-state index contributed by atoms with van der Waals surface area (Å²) in [4.78, 5) is 0. The molecule has 0 spiro atoms. The van der Waals surface area contributed by atoms with Crippen molar-refractivity contribution in [1.82, 2.24) is 15.1 Å². The topological polar surface area (TPSA) is 68.5 Å². The molecule has 0 amide bonds. The van der Waals surface area contributed by atoms with Crippen LogP contribution in [0.15, 0.2) is 12.4 Å². The van der Waals surface area contributed by atoms with E-state index in [0.717, 1.165) is 12.5 Å². The van der Waals surface area contributed by atoms with Gasteiger partial charge in [0.1, 0.15) is 12.1 Å². The first-order valence-corrected chi connectivity index (χ1v) is 7.48. The van der Waals surface area contributed by atoms with Crippen LogP contribution in [0.4, 0.5) is 0 Å². The van der Waals surface area contributed by atoms with Gasteiger partial charge < -0.3 is 19.9 Å². The van der Waals surface area contributed by atoms with E-state index in [2.05, 4.69) is 10.4 Å². The molecule has 4 rings (SSSR count). The Morgan fingerprint density at radius 1 is 1.50 bits per heavy atom. The van der Waals surface area contributed by atoms with E-state index in [1.165, 1.54) is 12.8 Å². The van der Waals surface area contributed by atoms with Gasteiger partial charge in [-0.3, -0.25) is 4.68 Å². The zero-order chi connectivity index (χ0) is 13.7. The number of halogens is 1. The Bertz CT molecular complexity index is 493. The van der Waals surface area contributed by atoms with Gasteiger partial charge in [-0.25, -0.2) is 0 Å². The summed E-state index contributed by atoms with van der Waals surface area (Å²) in [5.41, 5.74) is 0.